The van der Waals surface area contributed by atoms with Gasteiger partial charge in [-0.3, -0.25) is 5.32 Å². The molecule has 2 saturated heterocycles. The topological polar surface area (TPSA) is 230 Å². The Hall–Kier alpha value is -1.62. The Morgan fingerprint density at radius 3 is 1.96 bits per heavy atom. The fourth-order valence-corrected chi connectivity index (χ4v) is 2.59. The summed E-state index contributed by atoms with van der Waals surface area (Å²) in [6.45, 7) is -1.06. The van der Waals surface area contributed by atoms with Crippen LogP contribution in [0.3, 0.4) is 0 Å². The molecule has 0 aromatic rings. The average molecular weight is 397 g/mol. The molecular weight excluding hydrogens is 374 g/mol. The number of amides is 4. The zero-order valence-electron chi connectivity index (χ0n) is 13.9. The predicted octanol–water partition coefficient (Wildman–Crippen LogP) is -5.77. The van der Waals surface area contributed by atoms with Crippen LogP contribution in [0.2, 0.25) is 0 Å². The lowest BCUT2D eigenvalue weighted by Gasteiger charge is -2.40. The highest BCUT2D eigenvalue weighted by atomic mass is 16.6. The van der Waals surface area contributed by atoms with E-state index in [1.165, 1.54) is 0 Å². The van der Waals surface area contributed by atoms with Gasteiger partial charge in [0.2, 0.25) is 0 Å². The van der Waals surface area contributed by atoms with E-state index in [2.05, 4.69) is 0 Å². The highest BCUT2D eigenvalue weighted by Crippen LogP contribution is 2.19. The van der Waals surface area contributed by atoms with Crippen LogP contribution in [-0.2, 0) is 9.47 Å². The predicted molar refractivity (Wildman–Crippen MR) is 81.7 cm³/mol. The van der Waals surface area contributed by atoms with Crippen molar-refractivity contribution in [2.24, 2.45) is 0 Å². The van der Waals surface area contributed by atoms with Crippen LogP contribution in [0.15, 0.2) is 0 Å². The van der Waals surface area contributed by atoms with Gasteiger partial charge in [0.15, 0.2) is 12.5 Å². The van der Waals surface area contributed by atoms with Crippen LogP contribution in [-0.4, -0.2) is 116 Å². The maximum Gasteiger partial charge on any atom is 0.324 e. The molecule has 0 spiro atoms. The minimum atomic E-state index is -1.74. The zero-order chi connectivity index (χ0) is 20.3. The van der Waals surface area contributed by atoms with Gasteiger partial charge in [0.05, 0.1) is 13.2 Å². The van der Waals surface area contributed by atoms with E-state index in [1.54, 1.807) is 5.32 Å². The molecule has 14 nitrogen and oxygen atoms in total. The monoisotopic (exact) mass is 397 g/mol. The standard InChI is InChI=1S/C13H23N3O11/c17-1-4-6(20)7(21)9(23)11(27-4)15-13(25)16-12(24)14-10-8(22)5(19)3(18)2-26-10/h3-11,17-23H,1-2H2,(H3,14,15,16,24,25)/t3-,4-,5+,6-,7+,8-,9-,10-,11-/m1/s1. The van der Waals surface area contributed by atoms with Crippen LogP contribution >= 0.6 is 0 Å². The third-order valence-electron chi connectivity index (χ3n) is 4.17. The summed E-state index contributed by atoms with van der Waals surface area (Å²) >= 11 is 0. The van der Waals surface area contributed by atoms with Crippen LogP contribution in [0.1, 0.15) is 0 Å². The lowest BCUT2D eigenvalue weighted by atomic mass is 9.98. The van der Waals surface area contributed by atoms with Gasteiger partial charge in [0.25, 0.3) is 0 Å². The summed E-state index contributed by atoms with van der Waals surface area (Å²) in [5.41, 5.74) is 0. The highest BCUT2D eigenvalue weighted by Gasteiger charge is 2.44. The van der Waals surface area contributed by atoms with Crippen LogP contribution in [0.4, 0.5) is 9.59 Å². The molecule has 156 valence electrons. The Labute approximate surface area is 152 Å². The van der Waals surface area contributed by atoms with Gasteiger partial charge in [0.1, 0.15) is 42.7 Å². The summed E-state index contributed by atoms with van der Waals surface area (Å²) in [6, 6.07) is -2.33. The van der Waals surface area contributed by atoms with E-state index in [4.69, 9.17) is 14.6 Å². The Bertz CT molecular complexity index is 536. The molecule has 0 bridgehead atoms. The van der Waals surface area contributed by atoms with E-state index in [0.717, 1.165) is 0 Å². The number of hydrogen-bond donors (Lipinski definition) is 10. The second-order valence-corrected chi connectivity index (χ2v) is 6.12. The van der Waals surface area contributed by atoms with Crippen molar-refractivity contribution in [3.05, 3.63) is 0 Å². The van der Waals surface area contributed by atoms with E-state index in [9.17, 15) is 40.2 Å². The maximum atomic E-state index is 11.8. The summed E-state index contributed by atoms with van der Waals surface area (Å²) < 4.78 is 9.97. The second-order valence-electron chi connectivity index (χ2n) is 6.12. The molecule has 2 heterocycles. The lowest BCUT2D eigenvalue weighted by Crippen LogP contribution is -2.65. The van der Waals surface area contributed by atoms with E-state index < -0.39 is 73.9 Å². The van der Waals surface area contributed by atoms with Crippen molar-refractivity contribution in [3.63, 3.8) is 0 Å². The normalized spacial score (nSPS) is 42.3. The number of imide groups is 1. The molecule has 0 unspecified atom stereocenters. The first kappa shape index (κ1) is 21.7. The van der Waals surface area contributed by atoms with Crippen molar-refractivity contribution in [2.45, 2.75) is 55.2 Å². The van der Waals surface area contributed by atoms with Gasteiger partial charge >= 0.3 is 12.1 Å². The molecule has 9 atom stereocenters. The molecule has 27 heavy (non-hydrogen) atoms. The fourth-order valence-electron chi connectivity index (χ4n) is 2.59. The fraction of sp³-hybridized carbons (Fsp3) is 0.846. The summed E-state index contributed by atoms with van der Waals surface area (Å²) in [6.07, 6.45) is -13.8. The second kappa shape index (κ2) is 9.05. The number of aliphatic hydroxyl groups excluding tert-OH is 7. The van der Waals surface area contributed by atoms with Gasteiger partial charge in [-0.15, -0.1) is 0 Å². The number of hydrogen-bond acceptors (Lipinski definition) is 11. The number of aliphatic hydroxyl groups is 7. The number of nitrogens with one attached hydrogen (secondary N) is 3. The Morgan fingerprint density at radius 2 is 1.37 bits per heavy atom. The first-order valence-electron chi connectivity index (χ1n) is 8.00. The van der Waals surface area contributed by atoms with Crippen LogP contribution in [0, 0.1) is 0 Å². The number of rotatable bonds is 3. The quantitative estimate of drug-likeness (QED) is 0.215. The van der Waals surface area contributed by atoms with Crippen molar-refractivity contribution < 1.29 is 54.8 Å². The average Bonchev–Trinajstić information content (AvgIpc) is 2.62. The van der Waals surface area contributed by atoms with Crippen molar-refractivity contribution in [2.75, 3.05) is 13.2 Å². The van der Waals surface area contributed by atoms with Crippen LogP contribution in [0.5, 0.6) is 0 Å². The summed E-state index contributed by atoms with van der Waals surface area (Å²) in [4.78, 5) is 23.6. The molecule has 0 aliphatic carbocycles. The molecule has 0 aromatic carbocycles. The first-order chi connectivity index (χ1) is 12.6. The third kappa shape index (κ3) is 5.01. The van der Waals surface area contributed by atoms with Gasteiger partial charge in [-0.2, -0.15) is 0 Å². The molecule has 2 fully saturated rings. The number of carbonyl (C=O) groups is 2. The smallest absolute Gasteiger partial charge is 0.324 e. The Balaban J connectivity index is 1.85. The summed E-state index contributed by atoms with van der Waals surface area (Å²) in [5, 5.41) is 72.5. The first-order valence-corrected chi connectivity index (χ1v) is 8.00. The van der Waals surface area contributed by atoms with Crippen molar-refractivity contribution in [3.8, 4) is 0 Å². The minimum absolute atomic E-state index is 0.361. The van der Waals surface area contributed by atoms with E-state index in [-0.39, 0.29) is 6.61 Å². The molecular formula is C13H23N3O11. The highest BCUT2D eigenvalue weighted by molar-refractivity contribution is 5.93. The molecule has 0 saturated carbocycles. The van der Waals surface area contributed by atoms with E-state index >= 15 is 0 Å². The Kier molecular flexibility index (Phi) is 7.26. The van der Waals surface area contributed by atoms with Gasteiger partial charge in [-0.1, -0.05) is 0 Å². The number of ether oxygens (including phenoxy) is 2. The molecule has 4 amide bonds. The van der Waals surface area contributed by atoms with E-state index in [1.807, 2.05) is 10.6 Å². The molecule has 2 rings (SSSR count). The Morgan fingerprint density at radius 1 is 0.815 bits per heavy atom. The molecule has 2 aliphatic rings. The molecule has 0 aromatic heterocycles. The van der Waals surface area contributed by atoms with Gasteiger partial charge < -0.3 is 55.9 Å². The van der Waals surface area contributed by atoms with Crippen LogP contribution < -0.4 is 16.0 Å². The van der Waals surface area contributed by atoms with Crippen LogP contribution in [0.25, 0.3) is 0 Å². The van der Waals surface area contributed by atoms with E-state index in [0.29, 0.717) is 0 Å². The van der Waals surface area contributed by atoms with Gasteiger partial charge in [0, 0.05) is 0 Å². The maximum absolute atomic E-state index is 11.8. The molecule has 2 aliphatic heterocycles. The lowest BCUT2D eigenvalue weighted by molar-refractivity contribution is -0.233. The van der Waals surface area contributed by atoms with Crippen molar-refractivity contribution >= 4 is 12.1 Å². The molecule has 0 radical (unpaired) electrons. The third-order valence-corrected chi connectivity index (χ3v) is 4.17. The summed E-state index contributed by atoms with van der Waals surface area (Å²) in [7, 11) is 0. The summed E-state index contributed by atoms with van der Waals surface area (Å²) in [5.74, 6) is 0. The SMILES string of the molecule is O=C(NC(=O)N[C@@H]1OC[C@@H](O)[C@H](O)[C@H]1O)N[C@@H]1O[C@H](CO)[C@@H](O)[C@H](O)[C@H]1O. The largest absolute Gasteiger partial charge is 0.394 e. The number of urea groups is 2. The van der Waals surface area contributed by atoms with Crippen molar-refractivity contribution in [1.82, 2.24) is 16.0 Å². The molecule has 14 heteroatoms. The van der Waals surface area contributed by atoms with Crippen molar-refractivity contribution in [1.29, 1.82) is 0 Å². The van der Waals surface area contributed by atoms with Gasteiger partial charge in [-0.25, -0.2) is 9.59 Å². The molecule has 10 N–H and O–H groups in total. The number of carbonyl (C=O) groups excluding carboxylic acids is 2. The zero-order valence-corrected chi connectivity index (χ0v) is 13.9. The van der Waals surface area contributed by atoms with Gasteiger partial charge in [-0.05, 0) is 0 Å². The minimum Gasteiger partial charge on any atom is -0.394 e.